The van der Waals surface area contributed by atoms with Gasteiger partial charge in [0.2, 0.25) is 0 Å². The molecule has 0 rings (SSSR count). The first-order valence-corrected chi connectivity index (χ1v) is 8.87. The van der Waals surface area contributed by atoms with E-state index >= 15 is 0 Å². The Morgan fingerprint density at radius 3 is 2.10 bits per heavy atom. The normalized spacial score (nSPS) is 14.8. The van der Waals surface area contributed by atoms with Gasteiger partial charge in [-0.05, 0) is 51.4 Å². The van der Waals surface area contributed by atoms with Crippen molar-refractivity contribution in [1.82, 2.24) is 0 Å². The van der Waals surface area contributed by atoms with E-state index in [1.165, 1.54) is 49.7 Å². The molecule has 0 amide bonds. The molecule has 0 spiro atoms. The number of hydrogen-bond acceptors (Lipinski definition) is 1. The molecular formula is C20H38O. The minimum Gasteiger partial charge on any atom is -0.392 e. The SMILES string of the molecule is C/C(=C\CO)CC/C=C(\C)CCC[C@H](C)CCCC(C)C. The Morgan fingerprint density at radius 2 is 1.48 bits per heavy atom. The summed E-state index contributed by atoms with van der Waals surface area (Å²) >= 11 is 0. The van der Waals surface area contributed by atoms with Crippen LogP contribution in [0.5, 0.6) is 0 Å². The van der Waals surface area contributed by atoms with Gasteiger partial charge in [-0.2, -0.15) is 0 Å². The quantitative estimate of drug-likeness (QED) is 0.420. The molecule has 1 heteroatoms. The summed E-state index contributed by atoms with van der Waals surface area (Å²) in [5.41, 5.74) is 2.82. The summed E-state index contributed by atoms with van der Waals surface area (Å²) in [7, 11) is 0. The number of allylic oxidation sites excluding steroid dienone is 3. The predicted octanol–water partition coefficient (Wildman–Crippen LogP) is 6.28. The van der Waals surface area contributed by atoms with Gasteiger partial charge in [0.25, 0.3) is 0 Å². The van der Waals surface area contributed by atoms with E-state index in [2.05, 4.69) is 40.7 Å². The van der Waals surface area contributed by atoms with Gasteiger partial charge < -0.3 is 5.11 Å². The van der Waals surface area contributed by atoms with E-state index in [-0.39, 0.29) is 6.61 Å². The maximum atomic E-state index is 8.81. The molecule has 0 aliphatic rings. The molecule has 1 nitrogen and oxygen atoms in total. The molecule has 0 aromatic heterocycles. The first-order chi connectivity index (χ1) is 9.95. The van der Waals surface area contributed by atoms with Crippen LogP contribution in [0.4, 0.5) is 0 Å². The molecule has 0 bridgehead atoms. The van der Waals surface area contributed by atoms with Crippen LogP contribution in [0.2, 0.25) is 0 Å². The van der Waals surface area contributed by atoms with Crippen molar-refractivity contribution >= 4 is 0 Å². The zero-order valence-corrected chi connectivity index (χ0v) is 15.1. The van der Waals surface area contributed by atoms with E-state index in [1.54, 1.807) is 0 Å². The fourth-order valence-corrected chi connectivity index (χ4v) is 2.65. The van der Waals surface area contributed by atoms with Crippen LogP contribution in [0, 0.1) is 11.8 Å². The maximum Gasteiger partial charge on any atom is 0.0614 e. The van der Waals surface area contributed by atoms with Gasteiger partial charge in [-0.3, -0.25) is 0 Å². The van der Waals surface area contributed by atoms with Gasteiger partial charge in [0.1, 0.15) is 0 Å². The van der Waals surface area contributed by atoms with Crippen molar-refractivity contribution in [1.29, 1.82) is 0 Å². The van der Waals surface area contributed by atoms with Crippen molar-refractivity contribution in [3.63, 3.8) is 0 Å². The highest BCUT2D eigenvalue weighted by Gasteiger charge is 2.03. The third kappa shape index (κ3) is 14.2. The summed E-state index contributed by atoms with van der Waals surface area (Å²) in [4.78, 5) is 0. The molecule has 0 aromatic carbocycles. The van der Waals surface area contributed by atoms with Gasteiger partial charge in [0, 0.05) is 0 Å². The Balaban J connectivity index is 3.68. The largest absolute Gasteiger partial charge is 0.392 e. The summed E-state index contributed by atoms with van der Waals surface area (Å²) in [6, 6.07) is 0. The van der Waals surface area contributed by atoms with Crippen molar-refractivity contribution in [3.8, 4) is 0 Å². The molecule has 0 fully saturated rings. The number of aliphatic hydroxyl groups excluding tert-OH is 1. The molecule has 0 aromatic rings. The molecule has 0 aliphatic carbocycles. The van der Waals surface area contributed by atoms with E-state index < -0.39 is 0 Å². The summed E-state index contributed by atoms with van der Waals surface area (Å²) < 4.78 is 0. The summed E-state index contributed by atoms with van der Waals surface area (Å²) in [6.45, 7) is 11.6. The second-order valence-electron chi connectivity index (χ2n) is 7.14. The average molecular weight is 295 g/mol. The molecule has 0 heterocycles. The molecule has 0 saturated carbocycles. The number of hydrogen-bond donors (Lipinski definition) is 1. The molecule has 0 radical (unpaired) electrons. The molecular weight excluding hydrogens is 256 g/mol. The topological polar surface area (TPSA) is 20.2 Å². The molecule has 0 unspecified atom stereocenters. The van der Waals surface area contributed by atoms with Crippen molar-refractivity contribution in [3.05, 3.63) is 23.3 Å². The van der Waals surface area contributed by atoms with Gasteiger partial charge in [-0.25, -0.2) is 0 Å². The van der Waals surface area contributed by atoms with Crippen LogP contribution >= 0.6 is 0 Å². The maximum absolute atomic E-state index is 8.81. The second kappa shape index (κ2) is 13.1. The lowest BCUT2D eigenvalue weighted by Gasteiger charge is -2.12. The fourth-order valence-electron chi connectivity index (χ4n) is 2.65. The van der Waals surface area contributed by atoms with Crippen LogP contribution in [0.1, 0.15) is 86.0 Å². The van der Waals surface area contributed by atoms with Gasteiger partial charge in [0.05, 0.1) is 6.61 Å². The van der Waals surface area contributed by atoms with Crippen LogP contribution in [0.15, 0.2) is 23.3 Å². The first kappa shape index (κ1) is 20.4. The van der Waals surface area contributed by atoms with E-state index in [0.29, 0.717) is 0 Å². The highest BCUT2D eigenvalue weighted by Crippen LogP contribution is 2.19. The molecule has 0 aliphatic heterocycles. The Labute approximate surface area is 133 Å². The highest BCUT2D eigenvalue weighted by atomic mass is 16.2. The summed E-state index contributed by atoms with van der Waals surface area (Å²) in [6.07, 6.45) is 14.6. The van der Waals surface area contributed by atoms with Crippen LogP contribution in [-0.2, 0) is 0 Å². The molecule has 1 N–H and O–H groups in total. The minimum absolute atomic E-state index is 0.170. The Bertz CT molecular complexity index is 299. The van der Waals surface area contributed by atoms with Crippen molar-refractivity contribution in [2.75, 3.05) is 6.61 Å². The smallest absolute Gasteiger partial charge is 0.0614 e. The molecule has 1 atom stereocenters. The summed E-state index contributed by atoms with van der Waals surface area (Å²) in [5, 5.41) is 8.81. The van der Waals surface area contributed by atoms with Crippen LogP contribution in [0.3, 0.4) is 0 Å². The van der Waals surface area contributed by atoms with Gasteiger partial charge in [-0.15, -0.1) is 0 Å². The lowest BCUT2D eigenvalue weighted by molar-refractivity contribution is 0.341. The number of rotatable bonds is 12. The highest BCUT2D eigenvalue weighted by molar-refractivity contribution is 5.03. The first-order valence-electron chi connectivity index (χ1n) is 8.87. The number of aliphatic hydroxyl groups is 1. The molecule has 21 heavy (non-hydrogen) atoms. The van der Waals surface area contributed by atoms with Crippen molar-refractivity contribution in [2.45, 2.75) is 86.0 Å². The zero-order chi connectivity index (χ0) is 16.1. The third-order valence-electron chi connectivity index (χ3n) is 4.22. The second-order valence-corrected chi connectivity index (χ2v) is 7.14. The lowest BCUT2D eigenvalue weighted by atomic mass is 9.94. The molecule has 0 saturated heterocycles. The third-order valence-corrected chi connectivity index (χ3v) is 4.22. The van der Waals surface area contributed by atoms with Gasteiger partial charge in [-0.1, -0.05) is 69.8 Å². The zero-order valence-electron chi connectivity index (χ0n) is 15.1. The van der Waals surface area contributed by atoms with E-state index in [0.717, 1.165) is 24.7 Å². The van der Waals surface area contributed by atoms with Gasteiger partial charge >= 0.3 is 0 Å². The van der Waals surface area contributed by atoms with Gasteiger partial charge in [0.15, 0.2) is 0 Å². The Hall–Kier alpha value is -0.560. The van der Waals surface area contributed by atoms with E-state index in [1.807, 2.05) is 6.08 Å². The van der Waals surface area contributed by atoms with E-state index in [9.17, 15) is 0 Å². The van der Waals surface area contributed by atoms with Crippen LogP contribution < -0.4 is 0 Å². The van der Waals surface area contributed by atoms with Crippen molar-refractivity contribution in [2.24, 2.45) is 11.8 Å². The Kier molecular flexibility index (Phi) is 12.8. The fraction of sp³-hybridized carbons (Fsp3) is 0.800. The predicted molar refractivity (Wildman–Crippen MR) is 95.5 cm³/mol. The van der Waals surface area contributed by atoms with Crippen molar-refractivity contribution < 1.29 is 5.11 Å². The van der Waals surface area contributed by atoms with E-state index in [4.69, 9.17) is 5.11 Å². The molecule has 124 valence electrons. The average Bonchev–Trinajstić information content (AvgIpc) is 2.38. The van der Waals surface area contributed by atoms with Crippen LogP contribution in [-0.4, -0.2) is 11.7 Å². The lowest BCUT2D eigenvalue weighted by Crippen LogP contribution is -1.97. The Morgan fingerprint density at radius 1 is 0.857 bits per heavy atom. The summed E-state index contributed by atoms with van der Waals surface area (Å²) in [5.74, 6) is 1.73. The minimum atomic E-state index is 0.170. The standard InChI is InChI=1S/C20H38O/c1-17(2)9-6-10-18(3)11-7-12-19(4)13-8-14-20(5)15-16-21/h13,15,17-18,21H,6-12,14,16H2,1-5H3/b19-13+,20-15+/t18-/m1/s1. The van der Waals surface area contributed by atoms with Crippen LogP contribution in [0.25, 0.3) is 0 Å². The monoisotopic (exact) mass is 294 g/mol.